The first-order chi connectivity index (χ1) is 10.0. The molecule has 21 heavy (non-hydrogen) atoms. The molecule has 1 atom stereocenters. The average molecular weight is 284 g/mol. The molecule has 1 unspecified atom stereocenters. The molecule has 0 spiro atoms. The number of nitrogens with two attached hydrogens (primary N) is 1. The molecule has 2 aromatic carbocycles. The molecule has 2 aromatic rings. The second-order valence-corrected chi connectivity index (χ2v) is 5.54. The van der Waals surface area contributed by atoms with Gasteiger partial charge in [0.1, 0.15) is 5.75 Å². The van der Waals surface area contributed by atoms with E-state index in [-0.39, 0.29) is 6.04 Å². The summed E-state index contributed by atoms with van der Waals surface area (Å²) in [7, 11) is 1.71. The minimum absolute atomic E-state index is 0.0829. The van der Waals surface area contributed by atoms with Crippen LogP contribution in [0.15, 0.2) is 30.3 Å². The quantitative estimate of drug-likeness (QED) is 0.667. The molecular weight excluding hydrogens is 260 g/mol. The van der Waals surface area contributed by atoms with E-state index < -0.39 is 0 Å². The molecule has 0 aromatic heterocycles. The fourth-order valence-corrected chi connectivity index (χ4v) is 2.92. The van der Waals surface area contributed by atoms with Crippen molar-refractivity contribution in [3.63, 3.8) is 0 Å². The molecule has 3 nitrogen and oxygen atoms in total. The van der Waals surface area contributed by atoms with Gasteiger partial charge < -0.3 is 4.74 Å². The fraction of sp³-hybridized carbons (Fsp3) is 0.333. The van der Waals surface area contributed by atoms with Crippen LogP contribution in [0.25, 0.3) is 0 Å². The Morgan fingerprint density at radius 2 is 1.57 bits per heavy atom. The van der Waals surface area contributed by atoms with Crippen LogP contribution in [0.1, 0.15) is 39.4 Å². The molecule has 0 amide bonds. The topological polar surface area (TPSA) is 47.3 Å². The number of ether oxygens (including phenoxy) is 1. The lowest BCUT2D eigenvalue weighted by molar-refractivity contribution is 0.400. The van der Waals surface area contributed by atoms with E-state index in [0.29, 0.717) is 0 Å². The number of nitrogens with one attached hydrogen (secondary N) is 1. The maximum Gasteiger partial charge on any atom is 0.127 e. The van der Waals surface area contributed by atoms with Gasteiger partial charge in [0.2, 0.25) is 0 Å². The first-order valence-corrected chi connectivity index (χ1v) is 7.17. The number of hydrogen-bond donors (Lipinski definition) is 2. The predicted octanol–water partition coefficient (Wildman–Crippen LogP) is 3.48. The second kappa shape index (κ2) is 6.29. The summed E-state index contributed by atoms with van der Waals surface area (Å²) in [5.74, 6) is 6.78. The molecule has 112 valence electrons. The molecule has 0 saturated carbocycles. The minimum atomic E-state index is -0.0829. The van der Waals surface area contributed by atoms with E-state index in [1.54, 1.807) is 7.11 Å². The van der Waals surface area contributed by atoms with Crippen LogP contribution in [-0.2, 0) is 0 Å². The SMILES string of the molecule is COc1c(C(NN)c2c(C)cccc2C)ccc(C)c1C. The van der Waals surface area contributed by atoms with Gasteiger partial charge in [-0.05, 0) is 55.5 Å². The Morgan fingerprint density at radius 1 is 0.952 bits per heavy atom. The van der Waals surface area contributed by atoms with Crippen molar-refractivity contribution in [1.82, 2.24) is 5.43 Å². The van der Waals surface area contributed by atoms with Gasteiger partial charge in [-0.25, -0.2) is 5.43 Å². The van der Waals surface area contributed by atoms with Crippen molar-refractivity contribution >= 4 is 0 Å². The molecule has 3 N–H and O–H groups in total. The smallest absolute Gasteiger partial charge is 0.127 e. The van der Waals surface area contributed by atoms with Crippen molar-refractivity contribution in [2.75, 3.05) is 7.11 Å². The Labute approximate surface area is 127 Å². The highest BCUT2D eigenvalue weighted by molar-refractivity contribution is 5.51. The third-order valence-electron chi connectivity index (χ3n) is 4.22. The van der Waals surface area contributed by atoms with Crippen molar-refractivity contribution in [3.8, 4) is 5.75 Å². The zero-order valence-electron chi connectivity index (χ0n) is 13.4. The summed E-state index contributed by atoms with van der Waals surface area (Å²) in [4.78, 5) is 0. The van der Waals surface area contributed by atoms with E-state index in [1.807, 2.05) is 0 Å². The first kappa shape index (κ1) is 15.5. The Kier molecular flexibility index (Phi) is 4.66. The van der Waals surface area contributed by atoms with Crippen LogP contribution in [0.4, 0.5) is 0 Å². The predicted molar refractivity (Wildman–Crippen MR) is 87.6 cm³/mol. The van der Waals surface area contributed by atoms with Crippen LogP contribution in [-0.4, -0.2) is 7.11 Å². The minimum Gasteiger partial charge on any atom is -0.496 e. The molecule has 0 fully saturated rings. The Morgan fingerprint density at radius 3 is 2.10 bits per heavy atom. The van der Waals surface area contributed by atoms with Crippen LogP contribution < -0.4 is 16.0 Å². The van der Waals surface area contributed by atoms with Crippen LogP contribution in [0.3, 0.4) is 0 Å². The van der Waals surface area contributed by atoms with Gasteiger partial charge in [0.15, 0.2) is 0 Å². The molecule has 0 saturated heterocycles. The maximum absolute atomic E-state index is 5.88. The Balaban J connectivity index is 2.65. The number of hydrogen-bond acceptors (Lipinski definition) is 3. The number of benzene rings is 2. The number of methoxy groups -OCH3 is 1. The van der Waals surface area contributed by atoms with Crippen LogP contribution >= 0.6 is 0 Å². The second-order valence-electron chi connectivity index (χ2n) is 5.54. The molecule has 3 heteroatoms. The molecule has 0 aliphatic rings. The average Bonchev–Trinajstić information content (AvgIpc) is 2.46. The lowest BCUT2D eigenvalue weighted by Crippen LogP contribution is -2.30. The molecule has 0 radical (unpaired) electrons. The molecule has 0 bridgehead atoms. The van der Waals surface area contributed by atoms with E-state index in [9.17, 15) is 0 Å². The highest BCUT2D eigenvalue weighted by Crippen LogP contribution is 2.35. The van der Waals surface area contributed by atoms with Gasteiger partial charge in [-0.2, -0.15) is 0 Å². The van der Waals surface area contributed by atoms with E-state index >= 15 is 0 Å². The van der Waals surface area contributed by atoms with Gasteiger partial charge in [0.05, 0.1) is 13.2 Å². The number of rotatable bonds is 4. The Hall–Kier alpha value is -1.84. The molecule has 0 aliphatic carbocycles. The van der Waals surface area contributed by atoms with E-state index in [4.69, 9.17) is 10.6 Å². The van der Waals surface area contributed by atoms with Gasteiger partial charge in [0, 0.05) is 5.56 Å². The van der Waals surface area contributed by atoms with Crippen molar-refractivity contribution in [2.24, 2.45) is 5.84 Å². The summed E-state index contributed by atoms with van der Waals surface area (Å²) >= 11 is 0. The normalized spacial score (nSPS) is 12.3. The van der Waals surface area contributed by atoms with E-state index in [2.05, 4.69) is 63.5 Å². The third kappa shape index (κ3) is 2.80. The van der Waals surface area contributed by atoms with E-state index in [0.717, 1.165) is 16.9 Å². The maximum atomic E-state index is 5.88. The summed E-state index contributed by atoms with van der Waals surface area (Å²) in [5, 5.41) is 0. The van der Waals surface area contributed by atoms with Crippen molar-refractivity contribution < 1.29 is 4.74 Å². The fourth-order valence-electron chi connectivity index (χ4n) is 2.92. The van der Waals surface area contributed by atoms with Crippen molar-refractivity contribution in [2.45, 2.75) is 33.7 Å². The summed E-state index contributed by atoms with van der Waals surface area (Å²) in [5.41, 5.74) is 10.0. The standard InChI is InChI=1S/C18H24N2O/c1-11-9-10-15(18(21-5)14(11)4)17(20-19)16-12(2)7-6-8-13(16)3/h6-10,17,20H,19H2,1-5H3. The van der Waals surface area contributed by atoms with Crippen LogP contribution in [0.5, 0.6) is 5.75 Å². The number of aryl methyl sites for hydroxylation is 3. The lowest BCUT2D eigenvalue weighted by atomic mass is 9.89. The summed E-state index contributed by atoms with van der Waals surface area (Å²) in [6.07, 6.45) is 0. The van der Waals surface area contributed by atoms with Crippen LogP contribution in [0, 0.1) is 27.7 Å². The molecule has 0 aliphatic heterocycles. The van der Waals surface area contributed by atoms with Gasteiger partial charge in [-0.15, -0.1) is 0 Å². The largest absolute Gasteiger partial charge is 0.496 e. The van der Waals surface area contributed by atoms with Crippen LogP contribution in [0.2, 0.25) is 0 Å². The van der Waals surface area contributed by atoms with Crippen molar-refractivity contribution in [1.29, 1.82) is 0 Å². The summed E-state index contributed by atoms with van der Waals surface area (Å²) in [6.45, 7) is 8.39. The molecular formula is C18H24N2O. The van der Waals surface area contributed by atoms with Crippen molar-refractivity contribution in [3.05, 3.63) is 63.7 Å². The third-order valence-corrected chi connectivity index (χ3v) is 4.22. The molecule has 2 rings (SSSR count). The zero-order chi connectivity index (χ0) is 15.6. The summed E-state index contributed by atoms with van der Waals surface area (Å²) < 4.78 is 5.65. The van der Waals surface area contributed by atoms with Gasteiger partial charge in [-0.3, -0.25) is 5.84 Å². The zero-order valence-corrected chi connectivity index (χ0v) is 13.4. The monoisotopic (exact) mass is 284 g/mol. The lowest BCUT2D eigenvalue weighted by Gasteiger charge is -2.24. The highest BCUT2D eigenvalue weighted by Gasteiger charge is 2.21. The number of hydrazine groups is 1. The first-order valence-electron chi connectivity index (χ1n) is 7.17. The Bertz CT molecular complexity index is 630. The summed E-state index contributed by atoms with van der Waals surface area (Å²) in [6, 6.07) is 10.4. The van der Waals surface area contributed by atoms with Gasteiger partial charge in [-0.1, -0.05) is 30.3 Å². The highest BCUT2D eigenvalue weighted by atomic mass is 16.5. The van der Waals surface area contributed by atoms with Gasteiger partial charge in [0.25, 0.3) is 0 Å². The molecule has 0 heterocycles. The van der Waals surface area contributed by atoms with E-state index in [1.165, 1.54) is 22.3 Å². The van der Waals surface area contributed by atoms with Gasteiger partial charge >= 0.3 is 0 Å².